The largest absolute Gasteiger partial charge is 0.325 e. The number of amides is 1. The molecule has 0 aliphatic heterocycles. The molecule has 4 rings (SSSR count). The van der Waals surface area contributed by atoms with Gasteiger partial charge < -0.3 is 5.32 Å². The molecule has 0 atom stereocenters. The van der Waals surface area contributed by atoms with Crippen molar-refractivity contribution in [1.82, 2.24) is 14.8 Å². The zero-order chi connectivity index (χ0) is 20.9. The number of aryl methyl sites for hydroxylation is 1. The number of benzene rings is 3. The van der Waals surface area contributed by atoms with Gasteiger partial charge in [-0.05, 0) is 48.9 Å². The molecule has 1 N–H and O–H groups in total. The molecule has 0 saturated heterocycles. The highest BCUT2D eigenvalue weighted by molar-refractivity contribution is 7.99. The summed E-state index contributed by atoms with van der Waals surface area (Å²) in [4.78, 5) is 12.4. The summed E-state index contributed by atoms with van der Waals surface area (Å²) in [7, 11) is 0. The molecule has 7 heteroatoms. The second-order valence-electron chi connectivity index (χ2n) is 6.66. The van der Waals surface area contributed by atoms with Gasteiger partial charge in [-0.1, -0.05) is 54.2 Å². The van der Waals surface area contributed by atoms with E-state index < -0.39 is 0 Å². The topological polar surface area (TPSA) is 59.8 Å². The Morgan fingerprint density at radius 2 is 1.77 bits per heavy atom. The molecule has 1 heterocycles. The molecular formula is C23H19FN4OS. The van der Waals surface area contributed by atoms with E-state index in [4.69, 9.17) is 0 Å². The first kappa shape index (κ1) is 19.8. The third-order valence-electron chi connectivity index (χ3n) is 4.40. The van der Waals surface area contributed by atoms with E-state index >= 15 is 0 Å². The van der Waals surface area contributed by atoms with Crippen LogP contribution in [0, 0.1) is 12.7 Å². The van der Waals surface area contributed by atoms with Crippen LogP contribution in [0.5, 0.6) is 0 Å². The van der Waals surface area contributed by atoms with Crippen LogP contribution in [0.25, 0.3) is 17.1 Å². The maximum atomic E-state index is 14.4. The zero-order valence-corrected chi connectivity index (χ0v) is 17.1. The maximum absolute atomic E-state index is 14.4. The summed E-state index contributed by atoms with van der Waals surface area (Å²) in [6, 6.07) is 23.5. The molecular weight excluding hydrogens is 399 g/mol. The van der Waals surface area contributed by atoms with Crippen molar-refractivity contribution in [2.75, 3.05) is 11.1 Å². The summed E-state index contributed by atoms with van der Waals surface area (Å²) in [5.74, 6) is 0.00766. The maximum Gasteiger partial charge on any atom is 0.234 e. The lowest BCUT2D eigenvalue weighted by molar-refractivity contribution is -0.113. The molecule has 0 unspecified atom stereocenters. The SMILES string of the molecule is Cc1cccc(NC(=O)CSc2nnc(-c3ccccc3F)n2-c2ccccc2)c1. The van der Waals surface area contributed by atoms with E-state index in [9.17, 15) is 9.18 Å². The Kier molecular flexibility index (Phi) is 5.90. The summed E-state index contributed by atoms with van der Waals surface area (Å²) < 4.78 is 16.2. The minimum Gasteiger partial charge on any atom is -0.325 e. The van der Waals surface area contributed by atoms with Crippen LogP contribution in [0.1, 0.15) is 5.56 Å². The van der Waals surface area contributed by atoms with Crippen LogP contribution in [-0.4, -0.2) is 26.4 Å². The zero-order valence-electron chi connectivity index (χ0n) is 16.2. The predicted molar refractivity (Wildman–Crippen MR) is 117 cm³/mol. The van der Waals surface area contributed by atoms with E-state index in [0.29, 0.717) is 16.5 Å². The Morgan fingerprint density at radius 3 is 2.53 bits per heavy atom. The highest BCUT2D eigenvalue weighted by atomic mass is 32.2. The number of nitrogens with zero attached hydrogens (tertiary/aromatic N) is 3. The van der Waals surface area contributed by atoms with Crippen LogP contribution in [-0.2, 0) is 4.79 Å². The van der Waals surface area contributed by atoms with Gasteiger partial charge in [0.15, 0.2) is 11.0 Å². The van der Waals surface area contributed by atoms with Crippen molar-refractivity contribution in [3.05, 3.63) is 90.2 Å². The average molecular weight is 418 g/mol. The molecule has 0 fully saturated rings. The van der Waals surface area contributed by atoms with E-state index in [0.717, 1.165) is 16.9 Å². The van der Waals surface area contributed by atoms with Crippen molar-refractivity contribution in [3.8, 4) is 17.1 Å². The molecule has 150 valence electrons. The highest BCUT2D eigenvalue weighted by Gasteiger charge is 2.19. The summed E-state index contributed by atoms with van der Waals surface area (Å²) in [6.07, 6.45) is 0. The fourth-order valence-corrected chi connectivity index (χ4v) is 3.79. The van der Waals surface area contributed by atoms with Crippen molar-refractivity contribution in [3.63, 3.8) is 0 Å². The van der Waals surface area contributed by atoms with Crippen LogP contribution in [0.3, 0.4) is 0 Å². The van der Waals surface area contributed by atoms with E-state index in [1.165, 1.54) is 17.8 Å². The second kappa shape index (κ2) is 8.92. The van der Waals surface area contributed by atoms with Crippen LogP contribution < -0.4 is 5.32 Å². The van der Waals surface area contributed by atoms with Gasteiger partial charge in [0.1, 0.15) is 5.82 Å². The number of para-hydroxylation sites is 1. The van der Waals surface area contributed by atoms with E-state index in [2.05, 4.69) is 15.5 Å². The van der Waals surface area contributed by atoms with Crippen molar-refractivity contribution in [1.29, 1.82) is 0 Å². The van der Waals surface area contributed by atoms with E-state index in [1.54, 1.807) is 22.8 Å². The van der Waals surface area contributed by atoms with Gasteiger partial charge in [0.05, 0.1) is 11.3 Å². The lowest BCUT2D eigenvalue weighted by Crippen LogP contribution is -2.14. The van der Waals surface area contributed by atoms with Crippen LogP contribution in [0.2, 0.25) is 0 Å². The second-order valence-corrected chi connectivity index (χ2v) is 7.61. The van der Waals surface area contributed by atoms with Gasteiger partial charge in [0.25, 0.3) is 0 Å². The first-order valence-corrected chi connectivity index (χ1v) is 10.4. The van der Waals surface area contributed by atoms with Gasteiger partial charge in [-0.2, -0.15) is 0 Å². The number of rotatable bonds is 6. The van der Waals surface area contributed by atoms with Gasteiger partial charge >= 0.3 is 0 Å². The van der Waals surface area contributed by atoms with Crippen LogP contribution in [0.4, 0.5) is 10.1 Å². The van der Waals surface area contributed by atoms with Crippen LogP contribution >= 0.6 is 11.8 Å². The number of aromatic nitrogens is 3. The molecule has 1 amide bonds. The molecule has 3 aromatic carbocycles. The summed E-state index contributed by atoms with van der Waals surface area (Å²) in [6.45, 7) is 1.97. The van der Waals surface area contributed by atoms with Crippen molar-refractivity contribution in [2.24, 2.45) is 0 Å². The Balaban J connectivity index is 1.60. The molecule has 0 aliphatic carbocycles. The molecule has 0 aliphatic rings. The van der Waals surface area contributed by atoms with Gasteiger partial charge in [0.2, 0.25) is 5.91 Å². The van der Waals surface area contributed by atoms with Gasteiger partial charge in [-0.25, -0.2) is 4.39 Å². The number of carbonyl (C=O) groups is 1. The minimum atomic E-state index is -0.379. The lowest BCUT2D eigenvalue weighted by Gasteiger charge is -2.11. The number of hydrogen-bond donors (Lipinski definition) is 1. The van der Waals surface area contributed by atoms with E-state index in [1.807, 2.05) is 61.5 Å². The number of nitrogens with one attached hydrogen (secondary N) is 1. The van der Waals surface area contributed by atoms with Crippen molar-refractivity contribution >= 4 is 23.4 Å². The fraction of sp³-hybridized carbons (Fsp3) is 0.0870. The summed E-state index contributed by atoms with van der Waals surface area (Å²) in [5.41, 5.74) is 2.96. The monoisotopic (exact) mass is 418 g/mol. The number of thioether (sulfide) groups is 1. The fourth-order valence-electron chi connectivity index (χ4n) is 3.04. The molecule has 30 heavy (non-hydrogen) atoms. The minimum absolute atomic E-state index is 0.149. The summed E-state index contributed by atoms with van der Waals surface area (Å²) in [5, 5.41) is 11.8. The summed E-state index contributed by atoms with van der Waals surface area (Å²) >= 11 is 1.25. The van der Waals surface area contributed by atoms with Gasteiger partial charge in [-0.3, -0.25) is 9.36 Å². The van der Waals surface area contributed by atoms with Crippen LogP contribution in [0.15, 0.2) is 84.0 Å². The third-order valence-corrected chi connectivity index (χ3v) is 5.33. The number of hydrogen-bond acceptors (Lipinski definition) is 4. The first-order chi connectivity index (χ1) is 14.6. The highest BCUT2D eigenvalue weighted by Crippen LogP contribution is 2.29. The molecule has 4 aromatic rings. The molecule has 1 aromatic heterocycles. The van der Waals surface area contributed by atoms with E-state index in [-0.39, 0.29) is 17.5 Å². The lowest BCUT2D eigenvalue weighted by atomic mass is 10.2. The molecule has 0 spiro atoms. The molecule has 0 saturated carbocycles. The Bertz CT molecular complexity index is 1180. The normalized spacial score (nSPS) is 10.7. The Morgan fingerprint density at radius 1 is 1.00 bits per heavy atom. The standard InChI is InChI=1S/C23H19FN4OS/c1-16-8-7-9-17(14-16)25-21(29)15-30-23-27-26-22(19-12-5-6-13-20(19)24)28(23)18-10-3-2-4-11-18/h2-14H,15H2,1H3,(H,25,29). The number of anilines is 1. The van der Waals surface area contributed by atoms with Gasteiger partial charge in [-0.15, -0.1) is 10.2 Å². The predicted octanol–water partition coefficient (Wildman–Crippen LogP) is 5.11. The first-order valence-electron chi connectivity index (χ1n) is 9.37. The number of halogens is 1. The smallest absolute Gasteiger partial charge is 0.234 e. The quantitative estimate of drug-likeness (QED) is 0.442. The molecule has 5 nitrogen and oxygen atoms in total. The number of carbonyl (C=O) groups excluding carboxylic acids is 1. The van der Waals surface area contributed by atoms with Crippen molar-refractivity contribution in [2.45, 2.75) is 12.1 Å². The molecule has 0 bridgehead atoms. The third kappa shape index (κ3) is 4.41. The average Bonchev–Trinajstić information content (AvgIpc) is 3.17. The van der Waals surface area contributed by atoms with Gasteiger partial charge in [0, 0.05) is 11.4 Å². The Hall–Kier alpha value is -3.45. The molecule has 0 radical (unpaired) electrons. The Labute approximate surface area is 178 Å². The van der Waals surface area contributed by atoms with Crippen molar-refractivity contribution < 1.29 is 9.18 Å².